The van der Waals surface area contributed by atoms with Crippen LogP contribution >= 0.6 is 11.8 Å². The van der Waals surface area contributed by atoms with Crippen LogP contribution in [-0.4, -0.2) is 74.2 Å². The van der Waals surface area contributed by atoms with Gasteiger partial charge in [-0.3, -0.25) is 9.89 Å². The third-order valence-electron chi connectivity index (χ3n) is 7.19. The minimum atomic E-state index is -4.50. The van der Waals surface area contributed by atoms with Crippen LogP contribution in [0.4, 0.5) is 19.0 Å². The number of nitrogens with zero attached hydrogens (tertiary/aromatic N) is 2. The highest BCUT2D eigenvalue weighted by atomic mass is 32.2. The highest BCUT2D eigenvalue weighted by molar-refractivity contribution is 7.98. The number of H-pyrrole nitrogens is 1. The van der Waals surface area contributed by atoms with Crippen LogP contribution < -0.4 is 10.6 Å². The molecule has 1 heterocycles. The molecule has 39 heavy (non-hydrogen) atoms. The minimum absolute atomic E-state index is 0.0987. The van der Waals surface area contributed by atoms with Gasteiger partial charge in [-0.1, -0.05) is 0 Å². The lowest BCUT2D eigenvalue weighted by molar-refractivity contribution is -0.137. The molecule has 0 bridgehead atoms. The average molecular weight is 584 g/mol. The number of hydrogen-bond donors (Lipinski definition) is 3. The molecule has 1 saturated carbocycles. The number of anilines is 1. The van der Waals surface area contributed by atoms with Gasteiger partial charge in [-0.25, -0.2) is 8.42 Å². The van der Waals surface area contributed by atoms with Crippen LogP contribution in [0.3, 0.4) is 0 Å². The van der Waals surface area contributed by atoms with Crippen molar-refractivity contribution in [3.8, 4) is 0 Å². The molecule has 8 nitrogen and oxygen atoms in total. The molecule has 3 aromatic rings. The number of carbonyl (C=O) groups is 1. The number of aromatic nitrogens is 2. The van der Waals surface area contributed by atoms with Gasteiger partial charge in [-0.2, -0.15) is 18.3 Å². The topological polar surface area (TPSA) is 107 Å². The van der Waals surface area contributed by atoms with Crippen LogP contribution in [0.15, 0.2) is 52.3 Å². The number of thioether (sulfide) groups is 1. The largest absolute Gasteiger partial charge is 0.416 e. The average Bonchev–Trinajstić information content (AvgIpc) is 3.30. The van der Waals surface area contributed by atoms with Crippen molar-refractivity contribution in [3.63, 3.8) is 0 Å². The molecule has 2 aromatic carbocycles. The number of amides is 1. The van der Waals surface area contributed by atoms with Gasteiger partial charge in [0.25, 0.3) is 0 Å². The quantitative estimate of drug-likeness (QED) is 0.321. The van der Waals surface area contributed by atoms with E-state index in [9.17, 15) is 26.4 Å². The maximum atomic E-state index is 13.3. The normalized spacial score (nSPS) is 20.3. The number of alkyl halides is 3. The Kier molecular flexibility index (Phi) is 8.82. The molecule has 0 aliphatic heterocycles. The SMILES string of the molecule is CSc1ccc(S(=O)(=O)CC2CC(N(C)C)CCC2NC(=O)CNc2n[nH]c3ccc(C(F)(F)F)cc23)cc1. The number of hydrogen-bond acceptors (Lipinski definition) is 7. The number of rotatable bonds is 9. The van der Waals surface area contributed by atoms with Crippen LogP contribution in [0.2, 0.25) is 0 Å². The molecule has 0 saturated heterocycles. The first kappa shape index (κ1) is 29.2. The van der Waals surface area contributed by atoms with Crippen LogP contribution in [0.5, 0.6) is 0 Å². The van der Waals surface area contributed by atoms with Crippen molar-refractivity contribution < 1.29 is 26.4 Å². The van der Waals surface area contributed by atoms with Gasteiger partial charge >= 0.3 is 6.18 Å². The van der Waals surface area contributed by atoms with Crippen molar-refractivity contribution in [3.05, 3.63) is 48.0 Å². The Morgan fingerprint density at radius 2 is 1.87 bits per heavy atom. The van der Waals surface area contributed by atoms with Gasteiger partial charge in [0, 0.05) is 22.4 Å². The highest BCUT2D eigenvalue weighted by Crippen LogP contribution is 2.33. The summed E-state index contributed by atoms with van der Waals surface area (Å²) in [7, 11) is 0.322. The van der Waals surface area contributed by atoms with Crippen LogP contribution in [0, 0.1) is 5.92 Å². The standard InChI is InChI=1S/C26H32F3N5O3S2/c1-34(2)18-5-11-22(16(12-18)15-39(36,37)20-8-6-19(38-3)7-9-20)31-24(35)14-30-25-21-13-17(26(27,28)29)4-10-23(21)32-33-25/h4,6-10,13,16,18,22H,5,11-12,14-15H2,1-3H3,(H,31,35)(H2,30,32,33). The number of nitrogens with one attached hydrogen (secondary N) is 3. The second-order valence-electron chi connectivity index (χ2n) is 10.0. The lowest BCUT2D eigenvalue weighted by atomic mass is 9.82. The zero-order valence-electron chi connectivity index (χ0n) is 21.9. The fraction of sp³-hybridized carbons (Fsp3) is 0.462. The number of halogens is 3. The predicted molar refractivity (Wildman–Crippen MR) is 147 cm³/mol. The molecule has 0 spiro atoms. The molecule has 1 aliphatic rings. The summed E-state index contributed by atoms with van der Waals surface area (Å²) < 4.78 is 66.0. The van der Waals surface area contributed by atoms with E-state index >= 15 is 0 Å². The van der Waals surface area contributed by atoms with E-state index in [2.05, 4.69) is 25.7 Å². The van der Waals surface area contributed by atoms with E-state index in [0.29, 0.717) is 18.4 Å². The van der Waals surface area contributed by atoms with E-state index in [1.54, 1.807) is 24.3 Å². The molecule has 1 aliphatic carbocycles. The van der Waals surface area contributed by atoms with Gasteiger partial charge in [-0.05, 0) is 88.0 Å². The third kappa shape index (κ3) is 7.06. The van der Waals surface area contributed by atoms with Crippen LogP contribution in [0.1, 0.15) is 24.8 Å². The summed E-state index contributed by atoms with van der Waals surface area (Å²) in [6, 6.07) is 9.86. The van der Waals surface area contributed by atoms with E-state index in [0.717, 1.165) is 23.4 Å². The Morgan fingerprint density at radius 1 is 1.15 bits per heavy atom. The van der Waals surface area contributed by atoms with Crippen LogP contribution in [0.25, 0.3) is 10.9 Å². The second kappa shape index (κ2) is 11.8. The second-order valence-corrected chi connectivity index (χ2v) is 12.9. The summed E-state index contributed by atoms with van der Waals surface area (Å²) in [5.74, 6) is -0.659. The van der Waals surface area contributed by atoms with Crippen molar-refractivity contribution >= 4 is 44.2 Å². The predicted octanol–water partition coefficient (Wildman–Crippen LogP) is 4.40. The van der Waals surface area contributed by atoms with Crippen molar-refractivity contribution in [2.45, 2.75) is 47.3 Å². The van der Waals surface area contributed by atoms with Crippen molar-refractivity contribution in [2.24, 2.45) is 5.92 Å². The molecule has 4 rings (SSSR count). The van der Waals surface area contributed by atoms with Gasteiger partial charge in [0.2, 0.25) is 5.91 Å². The number of aromatic amines is 1. The van der Waals surface area contributed by atoms with Gasteiger partial charge in [0.15, 0.2) is 15.7 Å². The maximum absolute atomic E-state index is 13.3. The molecule has 1 fully saturated rings. The summed E-state index contributed by atoms with van der Waals surface area (Å²) in [6.45, 7) is -0.223. The summed E-state index contributed by atoms with van der Waals surface area (Å²) in [6.07, 6.45) is -0.561. The number of sulfone groups is 1. The lowest BCUT2D eigenvalue weighted by Crippen LogP contribution is -2.50. The van der Waals surface area contributed by atoms with E-state index in [-0.39, 0.29) is 46.4 Å². The van der Waals surface area contributed by atoms with E-state index in [4.69, 9.17) is 0 Å². The number of fused-ring (bicyclic) bond motifs is 1. The fourth-order valence-corrected chi connectivity index (χ4v) is 7.07. The summed E-state index contributed by atoms with van der Waals surface area (Å²) in [4.78, 5) is 16.2. The highest BCUT2D eigenvalue weighted by Gasteiger charge is 2.36. The van der Waals surface area contributed by atoms with Crippen molar-refractivity contribution in [2.75, 3.05) is 38.0 Å². The Balaban J connectivity index is 1.45. The van der Waals surface area contributed by atoms with E-state index in [1.807, 2.05) is 20.4 Å². The third-order valence-corrected chi connectivity index (χ3v) is 9.79. The zero-order valence-corrected chi connectivity index (χ0v) is 23.5. The molecule has 1 amide bonds. The minimum Gasteiger partial charge on any atom is -0.359 e. The first-order valence-corrected chi connectivity index (χ1v) is 15.4. The van der Waals surface area contributed by atoms with Gasteiger partial charge in [0.05, 0.1) is 28.3 Å². The van der Waals surface area contributed by atoms with Crippen molar-refractivity contribution in [1.29, 1.82) is 0 Å². The molecule has 3 atom stereocenters. The Hall–Kier alpha value is -2.77. The Morgan fingerprint density at radius 3 is 2.51 bits per heavy atom. The summed E-state index contributed by atoms with van der Waals surface area (Å²) in [5, 5.41) is 12.7. The molecule has 13 heteroatoms. The van der Waals surface area contributed by atoms with E-state index in [1.165, 1.54) is 17.8 Å². The molecule has 3 unspecified atom stereocenters. The summed E-state index contributed by atoms with van der Waals surface area (Å²) >= 11 is 1.53. The number of benzene rings is 2. The molecule has 0 radical (unpaired) electrons. The monoisotopic (exact) mass is 583 g/mol. The fourth-order valence-electron chi connectivity index (χ4n) is 4.99. The zero-order chi connectivity index (χ0) is 28.4. The van der Waals surface area contributed by atoms with Crippen molar-refractivity contribution in [1.82, 2.24) is 20.4 Å². The molecular formula is C26H32F3N5O3S2. The van der Waals surface area contributed by atoms with Crippen LogP contribution in [-0.2, 0) is 20.8 Å². The van der Waals surface area contributed by atoms with Gasteiger partial charge in [0.1, 0.15) is 0 Å². The maximum Gasteiger partial charge on any atom is 0.416 e. The van der Waals surface area contributed by atoms with Gasteiger partial charge < -0.3 is 15.5 Å². The van der Waals surface area contributed by atoms with E-state index < -0.39 is 27.5 Å². The molecule has 212 valence electrons. The summed E-state index contributed by atoms with van der Waals surface area (Å²) in [5.41, 5.74) is -0.405. The Labute approximate surface area is 230 Å². The number of carbonyl (C=O) groups excluding carboxylic acids is 1. The molecule has 3 N–H and O–H groups in total. The Bertz CT molecular complexity index is 1410. The smallest absolute Gasteiger partial charge is 0.359 e. The molecular weight excluding hydrogens is 551 g/mol. The lowest BCUT2D eigenvalue weighted by Gasteiger charge is -2.39. The van der Waals surface area contributed by atoms with Gasteiger partial charge in [-0.15, -0.1) is 11.8 Å². The molecule has 1 aromatic heterocycles. The first-order valence-electron chi connectivity index (χ1n) is 12.5. The first-order chi connectivity index (χ1) is 18.4.